The lowest BCUT2D eigenvalue weighted by Gasteiger charge is -2.23. The van der Waals surface area contributed by atoms with Crippen molar-refractivity contribution in [2.45, 2.75) is 51.1 Å². The van der Waals surface area contributed by atoms with Gasteiger partial charge in [-0.05, 0) is 37.8 Å². The Hall–Kier alpha value is -2.43. The Balaban J connectivity index is 1.52. The van der Waals surface area contributed by atoms with Crippen molar-refractivity contribution < 1.29 is 4.79 Å². The molecule has 0 saturated heterocycles. The molecule has 5 nitrogen and oxygen atoms in total. The average Bonchev–Trinajstić information content (AvgIpc) is 3.21. The summed E-state index contributed by atoms with van der Waals surface area (Å²) in [5, 5.41) is 3.05. The fraction of sp³-hybridized carbons (Fsp3) is 0.421. The molecule has 1 unspecified atom stereocenters. The van der Waals surface area contributed by atoms with Gasteiger partial charge in [-0.3, -0.25) is 4.79 Å². The topological polar surface area (TPSA) is 58.1 Å². The summed E-state index contributed by atoms with van der Waals surface area (Å²) in [7, 11) is 0. The molecular formula is C19H22N4O. The lowest BCUT2D eigenvalue weighted by Crippen LogP contribution is -2.33. The van der Waals surface area contributed by atoms with Crippen LogP contribution < -0.4 is 10.2 Å². The van der Waals surface area contributed by atoms with Crippen LogP contribution in [-0.2, 0) is 6.42 Å². The second-order valence-corrected chi connectivity index (χ2v) is 6.77. The number of rotatable bonds is 3. The second kappa shape index (κ2) is 6.23. The van der Waals surface area contributed by atoms with Crippen LogP contribution in [0.1, 0.15) is 48.7 Å². The number of carbonyl (C=O) groups excluding carboxylic acids is 1. The SMILES string of the molecule is CC1Cc2ccccc2N1c1cnc(C(=O)NC2CCCC2)cn1. The fourth-order valence-corrected chi connectivity index (χ4v) is 3.81. The van der Waals surface area contributed by atoms with Crippen molar-refractivity contribution in [2.75, 3.05) is 4.90 Å². The number of carbonyl (C=O) groups is 1. The molecule has 0 radical (unpaired) electrons. The number of nitrogens with zero attached hydrogens (tertiary/aromatic N) is 3. The maximum absolute atomic E-state index is 12.3. The molecule has 4 rings (SSSR count). The Morgan fingerprint density at radius 1 is 1.17 bits per heavy atom. The molecular weight excluding hydrogens is 300 g/mol. The zero-order valence-corrected chi connectivity index (χ0v) is 13.9. The van der Waals surface area contributed by atoms with E-state index in [4.69, 9.17) is 0 Å². The normalized spacial score (nSPS) is 20.2. The van der Waals surface area contributed by atoms with Gasteiger partial charge in [0.25, 0.3) is 5.91 Å². The maximum atomic E-state index is 12.3. The van der Waals surface area contributed by atoms with E-state index < -0.39 is 0 Å². The van der Waals surface area contributed by atoms with E-state index in [1.54, 1.807) is 12.4 Å². The molecule has 2 heterocycles. The minimum absolute atomic E-state index is 0.115. The lowest BCUT2D eigenvalue weighted by molar-refractivity contribution is 0.0932. The van der Waals surface area contributed by atoms with Crippen molar-refractivity contribution in [1.82, 2.24) is 15.3 Å². The number of fused-ring (bicyclic) bond motifs is 1. The van der Waals surface area contributed by atoms with E-state index in [2.05, 4.69) is 45.3 Å². The fourth-order valence-electron chi connectivity index (χ4n) is 3.81. The van der Waals surface area contributed by atoms with Crippen molar-refractivity contribution in [3.8, 4) is 0 Å². The third-order valence-corrected chi connectivity index (χ3v) is 5.02. The molecule has 1 N–H and O–H groups in total. The van der Waals surface area contributed by atoms with Crippen molar-refractivity contribution in [3.05, 3.63) is 47.9 Å². The summed E-state index contributed by atoms with van der Waals surface area (Å²) in [6.07, 6.45) is 8.83. The highest BCUT2D eigenvalue weighted by Gasteiger charge is 2.28. The van der Waals surface area contributed by atoms with Crippen LogP contribution in [0.2, 0.25) is 0 Å². The van der Waals surface area contributed by atoms with Gasteiger partial charge >= 0.3 is 0 Å². The van der Waals surface area contributed by atoms with Crippen LogP contribution in [0.25, 0.3) is 0 Å². The standard InChI is InChI=1S/C19H22N4O/c1-13-10-14-6-2-5-9-17(14)23(13)18-12-20-16(11-21-18)19(24)22-15-7-3-4-8-15/h2,5-6,9,11-13,15H,3-4,7-8,10H2,1H3,(H,22,24). The predicted octanol–water partition coefficient (Wildman–Crippen LogP) is 3.23. The third-order valence-electron chi connectivity index (χ3n) is 5.02. The summed E-state index contributed by atoms with van der Waals surface area (Å²) in [6, 6.07) is 9.02. The molecule has 2 aromatic rings. The molecule has 24 heavy (non-hydrogen) atoms. The van der Waals surface area contributed by atoms with Crippen molar-refractivity contribution in [3.63, 3.8) is 0 Å². The molecule has 1 fully saturated rings. The van der Waals surface area contributed by atoms with E-state index in [1.807, 2.05) is 6.07 Å². The van der Waals surface area contributed by atoms with E-state index in [-0.39, 0.29) is 5.91 Å². The van der Waals surface area contributed by atoms with E-state index >= 15 is 0 Å². The molecule has 5 heteroatoms. The number of amides is 1. The van der Waals surface area contributed by atoms with Gasteiger partial charge in [0, 0.05) is 17.8 Å². The molecule has 1 saturated carbocycles. The second-order valence-electron chi connectivity index (χ2n) is 6.77. The number of hydrogen-bond acceptors (Lipinski definition) is 4. The summed E-state index contributed by atoms with van der Waals surface area (Å²) in [6.45, 7) is 2.18. The first-order chi connectivity index (χ1) is 11.7. The predicted molar refractivity (Wildman–Crippen MR) is 93.5 cm³/mol. The van der Waals surface area contributed by atoms with Crippen LogP contribution in [-0.4, -0.2) is 28.0 Å². The highest BCUT2D eigenvalue weighted by molar-refractivity contribution is 5.92. The van der Waals surface area contributed by atoms with E-state index in [1.165, 1.54) is 24.1 Å². The number of hydrogen-bond donors (Lipinski definition) is 1. The maximum Gasteiger partial charge on any atom is 0.271 e. The molecule has 124 valence electrons. The monoisotopic (exact) mass is 322 g/mol. The number of nitrogens with one attached hydrogen (secondary N) is 1. The Bertz CT molecular complexity index is 737. The van der Waals surface area contributed by atoms with E-state index in [0.29, 0.717) is 17.8 Å². The van der Waals surface area contributed by atoms with Crippen LogP contribution in [0, 0.1) is 0 Å². The molecule has 1 atom stereocenters. The minimum Gasteiger partial charge on any atom is -0.348 e. The molecule has 1 aliphatic heterocycles. The van der Waals surface area contributed by atoms with Gasteiger partial charge in [0.15, 0.2) is 5.82 Å². The summed E-state index contributed by atoms with van der Waals surface area (Å²) in [5.41, 5.74) is 2.91. The zero-order chi connectivity index (χ0) is 16.5. The Morgan fingerprint density at radius 2 is 1.96 bits per heavy atom. The largest absolute Gasteiger partial charge is 0.348 e. The summed E-state index contributed by atoms with van der Waals surface area (Å²) in [5.74, 6) is 0.681. The van der Waals surface area contributed by atoms with Crippen molar-refractivity contribution in [1.29, 1.82) is 0 Å². The average molecular weight is 322 g/mol. The van der Waals surface area contributed by atoms with Gasteiger partial charge in [-0.15, -0.1) is 0 Å². The number of benzene rings is 1. The van der Waals surface area contributed by atoms with Gasteiger partial charge < -0.3 is 10.2 Å². The van der Waals surface area contributed by atoms with Crippen LogP contribution in [0.3, 0.4) is 0 Å². The minimum atomic E-state index is -0.115. The van der Waals surface area contributed by atoms with Gasteiger partial charge in [-0.25, -0.2) is 9.97 Å². The van der Waals surface area contributed by atoms with Gasteiger partial charge in [0.05, 0.1) is 12.4 Å². The van der Waals surface area contributed by atoms with Crippen molar-refractivity contribution in [2.24, 2.45) is 0 Å². The summed E-state index contributed by atoms with van der Waals surface area (Å²) < 4.78 is 0. The van der Waals surface area contributed by atoms with Crippen LogP contribution in [0.4, 0.5) is 11.5 Å². The lowest BCUT2D eigenvalue weighted by atomic mass is 10.1. The zero-order valence-electron chi connectivity index (χ0n) is 13.9. The molecule has 1 aromatic carbocycles. The van der Waals surface area contributed by atoms with Gasteiger partial charge in [0.2, 0.25) is 0 Å². The van der Waals surface area contributed by atoms with Crippen LogP contribution in [0.15, 0.2) is 36.7 Å². The van der Waals surface area contributed by atoms with E-state index in [0.717, 1.165) is 25.1 Å². The molecule has 1 aliphatic carbocycles. The first-order valence-corrected chi connectivity index (χ1v) is 8.72. The molecule has 0 spiro atoms. The highest BCUT2D eigenvalue weighted by Crippen LogP contribution is 2.36. The quantitative estimate of drug-likeness (QED) is 0.942. The third kappa shape index (κ3) is 2.75. The van der Waals surface area contributed by atoms with Gasteiger partial charge in [-0.1, -0.05) is 31.0 Å². The Kier molecular flexibility index (Phi) is 3.92. The number of anilines is 2. The molecule has 2 aliphatic rings. The highest BCUT2D eigenvalue weighted by atomic mass is 16.1. The molecule has 1 aromatic heterocycles. The first-order valence-electron chi connectivity index (χ1n) is 8.72. The Labute approximate surface area is 142 Å². The van der Waals surface area contributed by atoms with Crippen molar-refractivity contribution >= 4 is 17.4 Å². The van der Waals surface area contributed by atoms with Crippen LogP contribution in [0.5, 0.6) is 0 Å². The molecule has 1 amide bonds. The molecule has 0 bridgehead atoms. The van der Waals surface area contributed by atoms with Gasteiger partial charge in [-0.2, -0.15) is 0 Å². The summed E-state index contributed by atoms with van der Waals surface area (Å²) in [4.78, 5) is 23.3. The van der Waals surface area contributed by atoms with Gasteiger partial charge in [0.1, 0.15) is 5.69 Å². The summed E-state index contributed by atoms with van der Waals surface area (Å²) >= 11 is 0. The first kappa shape index (κ1) is 15.1. The van der Waals surface area contributed by atoms with E-state index in [9.17, 15) is 4.79 Å². The number of para-hydroxylation sites is 1. The Morgan fingerprint density at radius 3 is 2.71 bits per heavy atom. The number of aromatic nitrogens is 2. The van der Waals surface area contributed by atoms with Crippen LogP contribution >= 0.6 is 0 Å². The smallest absolute Gasteiger partial charge is 0.271 e.